The Balaban J connectivity index is 1.79. The van der Waals surface area contributed by atoms with E-state index in [1.807, 2.05) is 36.6 Å². The van der Waals surface area contributed by atoms with Gasteiger partial charge in [-0.2, -0.15) is 0 Å². The predicted molar refractivity (Wildman–Crippen MR) is 119 cm³/mol. The number of pyridine rings is 1. The van der Waals surface area contributed by atoms with Crippen LogP contribution in [0.2, 0.25) is 0 Å². The number of hydrogen-bond acceptors (Lipinski definition) is 6. The molecule has 0 bridgehead atoms. The highest BCUT2D eigenvalue weighted by Gasteiger charge is 2.20. The Kier molecular flexibility index (Phi) is 7.23. The Morgan fingerprint density at radius 1 is 1.30 bits per heavy atom. The van der Waals surface area contributed by atoms with Gasteiger partial charge in [-0.1, -0.05) is 17.8 Å². The second-order valence-corrected chi connectivity index (χ2v) is 8.05. The van der Waals surface area contributed by atoms with E-state index in [-0.39, 0.29) is 17.6 Å². The number of ether oxygens (including phenoxy) is 1. The topological polar surface area (TPSA) is 74.8 Å². The van der Waals surface area contributed by atoms with Crippen molar-refractivity contribution in [3.8, 4) is 11.4 Å². The van der Waals surface area contributed by atoms with Gasteiger partial charge in [0.2, 0.25) is 0 Å². The van der Waals surface area contributed by atoms with E-state index in [4.69, 9.17) is 4.74 Å². The molecule has 7 nitrogen and oxygen atoms in total. The van der Waals surface area contributed by atoms with Gasteiger partial charge in [0, 0.05) is 48.6 Å². The molecule has 0 N–H and O–H groups in total. The minimum Gasteiger partial charge on any atom is -0.383 e. The molecule has 0 aliphatic rings. The average molecular weight is 426 g/mol. The maximum absolute atomic E-state index is 13.0. The van der Waals surface area contributed by atoms with Crippen molar-refractivity contribution < 1.29 is 9.53 Å². The van der Waals surface area contributed by atoms with Crippen molar-refractivity contribution in [2.24, 2.45) is 0 Å². The van der Waals surface area contributed by atoms with Crippen LogP contribution in [0.15, 0.2) is 48.4 Å². The minimum absolute atomic E-state index is 0.0718. The molecular formula is C22H27N5O2S. The van der Waals surface area contributed by atoms with Crippen LogP contribution in [0.1, 0.15) is 34.7 Å². The summed E-state index contributed by atoms with van der Waals surface area (Å²) in [4.78, 5) is 17.0. The number of carbonyl (C=O) groups is 1. The van der Waals surface area contributed by atoms with E-state index >= 15 is 0 Å². The molecule has 3 aromatic rings. The van der Waals surface area contributed by atoms with Gasteiger partial charge in [-0.15, -0.1) is 16.8 Å². The highest BCUT2D eigenvalue weighted by atomic mass is 32.2. The maximum Gasteiger partial charge on any atom is 0.192 e. The Morgan fingerprint density at radius 2 is 2.03 bits per heavy atom. The number of Topliss-reactive ketones (excluding diaryl/α,β-unsaturated/α-hetero) is 1. The Hall–Kier alpha value is -2.71. The molecule has 0 unspecified atom stereocenters. The monoisotopic (exact) mass is 425 g/mol. The fourth-order valence-electron chi connectivity index (χ4n) is 3.66. The molecule has 0 aliphatic carbocycles. The molecule has 3 rings (SSSR count). The summed E-state index contributed by atoms with van der Waals surface area (Å²) in [6.07, 6.45) is 5.24. The van der Waals surface area contributed by atoms with Crippen LogP contribution in [0.5, 0.6) is 0 Å². The van der Waals surface area contributed by atoms with Gasteiger partial charge in [0.05, 0.1) is 18.4 Å². The molecular weight excluding hydrogens is 398 g/mol. The third kappa shape index (κ3) is 4.55. The number of hydrogen-bond donors (Lipinski definition) is 0. The first-order valence-corrected chi connectivity index (χ1v) is 10.7. The average Bonchev–Trinajstić information content (AvgIpc) is 3.27. The van der Waals surface area contributed by atoms with Crippen LogP contribution in [0.4, 0.5) is 0 Å². The van der Waals surface area contributed by atoms with Crippen molar-refractivity contribution in [1.29, 1.82) is 0 Å². The summed E-state index contributed by atoms with van der Waals surface area (Å²) in [6.45, 7) is 11.1. The number of nitrogens with zero attached hydrogens (tertiary/aromatic N) is 5. The van der Waals surface area contributed by atoms with Crippen LogP contribution >= 0.6 is 11.8 Å². The highest BCUT2D eigenvalue weighted by molar-refractivity contribution is 7.99. The van der Waals surface area contributed by atoms with Gasteiger partial charge in [0.15, 0.2) is 16.8 Å². The number of carbonyl (C=O) groups excluding carboxylic acids is 1. The van der Waals surface area contributed by atoms with Gasteiger partial charge < -0.3 is 9.30 Å². The van der Waals surface area contributed by atoms with Gasteiger partial charge in [-0.05, 0) is 39.0 Å². The summed E-state index contributed by atoms with van der Waals surface area (Å²) in [5.74, 6) is 1.09. The first-order chi connectivity index (χ1) is 14.5. The molecule has 0 amide bonds. The van der Waals surface area contributed by atoms with Crippen molar-refractivity contribution in [3.05, 3.63) is 60.2 Å². The fourth-order valence-corrected chi connectivity index (χ4v) is 4.50. The van der Waals surface area contributed by atoms with Crippen molar-refractivity contribution in [2.45, 2.75) is 38.5 Å². The molecule has 0 aliphatic heterocycles. The van der Waals surface area contributed by atoms with Gasteiger partial charge in [0.25, 0.3) is 0 Å². The molecule has 0 aromatic carbocycles. The standard InChI is InChI=1S/C22H27N5O2S/c1-6-11-26-21(18-7-9-23-10-8-18)24-25-22(26)30-14-20(28)19-12-15(2)27(17(19)4)16(3)13-29-5/h6-10,12,16H,1,11,13-14H2,2-5H3/t16-/m1/s1. The zero-order chi connectivity index (χ0) is 21.7. The Labute approximate surface area is 181 Å². The summed E-state index contributed by atoms with van der Waals surface area (Å²) in [5.41, 5.74) is 3.69. The number of aromatic nitrogens is 5. The highest BCUT2D eigenvalue weighted by Crippen LogP contribution is 2.26. The van der Waals surface area contributed by atoms with Gasteiger partial charge >= 0.3 is 0 Å². The van der Waals surface area contributed by atoms with Crippen LogP contribution < -0.4 is 0 Å². The van der Waals surface area contributed by atoms with Gasteiger partial charge in [-0.25, -0.2) is 0 Å². The zero-order valence-electron chi connectivity index (χ0n) is 17.8. The van der Waals surface area contributed by atoms with Gasteiger partial charge in [0.1, 0.15) is 0 Å². The molecule has 0 radical (unpaired) electrons. The van der Waals surface area contributed by atoms with Crippen molar-refractivity contribution in [2.75, 3.05) is 19.5 Å². The number of rotatable bonds is 10. The molecule has 0 saturated carbocycles. The van der Waals surface area contributed by atoms with E-state index in [1.54, 1.807) is 25.6 Å². The Morgan fingerprint density at radius 3 is 2.70 bits per heavy atom. The summed E-state index contributed by atoms with van der Waals surface area (Å²) in [6, 6.07) is 5.91. The first-order valence-electron chi connectivity index (χ1n) is 9.75. The van der Waals surface area contributed by atoms with Crippen molar-refractivity contribution >= 4 is 17.5 Å². The first kappa shape index (κ1) is 22.0. The van der Waals surface area contributed by atoms with Crippen LogP contribution in [0.3, 0.4) is 0 Å². The largest absolute Gasteiger partial charge is 0.383 e. The third-order valence-corrected chi connectivity index (χ3v) is 5.90. The fraction of sp³-hybridized carbons (Fsp3) is 0.364. The number of aryl methyl sites for hydroxylation is 1. The zero-order valence-corrected chi connectivity index (χ0v) is 18.6. The van der Waals surface area contributed by atoms with E-state index in [1.165, 1.54) is 11.8 Å². The van der Waals surface area contributed by atoms with Crippen LogP contribution in [0.25, 0.3) is 11.4 Å². The van der Waals surface area contributed by atoms with Crippen LogP contribution in [-0.4, -0.2) is 49.6 Å². The summed E-state index contributed by atoms with van der Waals surface area (Å²) < 4.78 is 9.40. The predicted octanol–water partition coefficient (Wildman–Crippen LogP) is 4.13. The van der Waals surface area contributed by atoms with Crippen molar-refractivity contribution in [1.82, 2.24) is 24.3 Å². The molecule has 0 spiro atoms. The summed E-state index contributed by atoms with van der Waals surface area (Å²) >= 11 is 1.39. The number of ketones is 1. The van der Waals surface area contributed by atoms with E-state index < -0.39 is 0 Å². The number of methoxy groups -OCH3 is 1. The smallest absolute Gasteiger partial charge is 0.192 e. The quantitative estimate of drug-likeness (QED) is 0.276. The molecule has 1 atom stereocenters. The molecule has 158 valence electrons. The molecule has 30 heavy (non-hydrogen) atoms. The minimum atomic E-state index is 0.0718. The van der Waals surface area contributed by atoms with Crippen molar-refractivity contribution in [3.63, 3.8) is 0 Å². The van der Waals surface area contributed by atoms with E-state index in [9.17, 15) is 4.79 Å². The SMILES string of the molecule is C=CCn1c(SCC(=O)c2cc(C)n([C@H](C)COC)c2C)nnc1-c1ccncc1. The number of thioether (sulfide) groups is 1. The van der Waals surface area contributed by atoms with E-state index in [0.29, 0.717) is 18.3 Å². The lowest BCUT2D eigenvalue weighted by Gasteiger charge is -2.17. The second kappa shape index (κ2) is 9.86. The maximum atomic E-state index is 13.0. The number of allylic oxidation sites excluding steroid dienone is 1. The normalized spacial score (nSPS) is 12.1. The summed E-state index contributed by atoms with van der Waals surface area (Å²) in [5, 5.41) is 9.32. The lowest BCUT2D eigenvalue weighted by Crippen LogP contribution is -2.15. The molecule has 0 fully saturated rings. The van der Waals surface area contributed by atoms with Gasteiger partial charge in [-0.3, -0.25) is 14.3 Å². The Bertz CT molecular complexity index is 1030. The third-order valence-electron chi connectivity index (χ3n) is 4.93. The molecule has 3 aromatic heterocycles. The molecule has 3 heterocycles. The lowest BCUT2D eigenvalue weighted by atomic mass is 10.2. The summed E-state index contributed by atoms with van der Waals surface area (Å²) in [7, 11) is 1.69. The van der Waals surface area contributed by atoms with Crippen LogP contribution in [-0.2, 0) is 11.3 Å². The van der Waals surface area contributed by atoms with E-state index in [2.05, 4.69) is 33.3 Å². The lowest BCUT2D eigenvalue weighted by molar-refractivity contribution is 0.102. The second-order valence-electron chi connectivity index (χ2n) is 7.11. The molecule has 0 saturated heterocycles. The van der Waals surface area contributed by atoms with E-state index in [0.717, 1.165) is 28.3 Å². The molecule has 8 heteroatoms. The van der Waals surface area contributed by atoms with Crippen LogP contribution in [0, 0.1) is 13.8 Å².